The van der Waals surface area contributed by atoms with E-state index in [1.54, 1.807) is 6.07 Å². The summed E-state index contributed by atoms with van der Waals surface area (Å²) in [4.78, 5) is 17.1. The Labute approximate surface area is 124 Å². The number of hydrogen-bond acceptors (Lipinski definition) is 5. The maximum absolute atomic E-state index is 10.8. The third-order valence-corrected chi connectivity index (χ3v) is 4.96. The molecule has 0 aromatic carbocycles. The molecule has 0 aliphatic carbocycles. The Kier molecular flexibility index (Phi) is 3.80. The molecule has 0 saturated carbocycles. The third-order valence-electron chi connectivity index (χ3n) is 4.96. The van der Waals surface area contributed by atoms with Gasteiger partial charge in [0.05, 0.1) is 4.92 Å². The zero-order valence-electron chi connectivity index (χ0n) is 12.6. The van der Waals surface area contributed by atoms with Gasteiger partial charge >= 0.3 is 0 Å². The predicted octanol–water partition coefficient (Wildman–Crippen LogP) is 2.73. The van der Waals surface area contributed by atoms with E-state index in [2.05, 4.69) is 22.2 Å². The first kappa shape index (κ1) is 14.3. The van der Waals surface area contributed by atoms with E-state index in [1.165, 1.54) is 25.5 Å². The summed E-state index contributed by atoms with van der Waals surface area (Å²) >= 11 is 0. The van der Waals surface area contributed by atoms with Crippen LogP contribution in [0.3, 0.4) is 0 Å². The molecule has 6 nitrogen and oxygen atoms in total. The van der Waals surface area contributed by atoms with E-state index in [4.69, 9.17) is 0 Å². The van der Waals surface area contributed by atoms with E-state index in [1.807, 2.05) is 6.92 Å². The van der Waals surface area contributed by atoms with Gasteiger partial charge in [-0.25, -0.2) is 4.98 Å². The molecule has 1 aromatic heterocycles. The van der Waals surface area contributed by atoms with Crippen molar-refractivity contribution < 1.29 is 4.92 Å². The molecule has 2 aliphatic heterocycles. The van der Waals surface area contributed by atoms with Gasteiger partial charge in [-0.05, 0) is 45.2 Å². The second kappa shape index (κ2) is 5.60. The lowest BCUT2D eigenvalue weighted by Crippen LogP contribution is -2.52. The molecule has 0 amide bonds. The number of piperidine rings is 2. The normalized spacial score (nSPS) is 29.1. The Morgan fingerprint density at radius 3 is 2.62 bits per heavy atom. The molecule has 2 atom stereocenters. The number of aryl methyl sites for hydroxylation is 1. The fourth-order valence-corrected chi connectivity index (χ4v) is 3.74. The zero-order valence-corrected chi connectivity index (χ0v) is 12.6. The highest BCUT2D eigenvalue weighted by Crippen LogP contribution is 2.34. The molecule has 2 saturated heterocycles. The van der Waals surface area contributed by atoms with Crippen LogP contribution in [0.25, 0.3) is 0 Å². The number of hydrogen-bond donors (Lipinski definition) is 1. The zero-order chi connectivity index (χ0) is 15.0. The van der Waals surface area contributed by atoms with Crippen molar-refractivity contribution in [2.75, 3.05) is 12.4 Å². The Hall–Kier alpha value is -1.69. The number of aromatic nitrogens is 1. The van der Waals surface area contributed by atoms with Crippen LogP contribution >= 0.6 is 0 Å². The van der Waals surface area contributed by atoms with Crippen LogP contribution in [0.1, 0.15) is 37.7 Å². The highest BCUT2D eigenvalue weighted by molar-refractivity contribution is 5.49. The molecule has 2 unspecified atom stereocenters. The van der Waals surface area contributed by atoms with Crippen LogP contribution in [0.4, 0.5) is 11.5 Å². The van der Waals surface area contributed by atoms with Gasteiger partial charge in [0, 0.05) is 24.2 Å². The van der Waals surface area contributed by atoms with Gasteiger partial charge in [-0.2, -0.15) is 0 Å². The lowest BCUT2D eigenvalue weighted by atomic mass is 9.82. The fourth-order valence-electron chi connectivity index (χ4n) is 3.74. The molecule has 2 bridgehead atoms. The number of nitro groups is 1. The van der Waals surface area contributed by atoms with Crippen molar-refractivity contribution in [2.24, 2.45) is 0 Å². The van der Waals surface area contributed by atoms with Crippen LogP contribution in [-0.2, 0) is 0 Å². The van der Waals surface area contributed by atoms with Gasteiger partial charge in [-0.15, -0.1) is 0 Å². The average molecular weight is 290 g/mol. The molecule has 3 rings (SSSR count). The van der Waals surface area contributed by atoms with Gasteiger partial charge in [0.2, 0.25) is 0 Å². The Morgan fingerprint density at radius 1 is 1.38 bits per heavy atom. The Morgan fingerprint density at radius 2 is 2.05 bits per heavy atom. The minimum atomic E-state index is -0.399. The SMILES string of the molecule is Cc1cc([N+](=O)[O-])cnc1NC1CC2CCCC(C1)N2C. The third kappa shape index (κ3) is 2.85. The van der Waals surface area contributed by atoms with Gasteiger partial charge < -0.3 is 10.2 Å². The van der Waals surface area contributed by atoms with E-state index in [9.17, 15) is 10.1 Å². The molecular weight excluding hydrogens is 268 g/mol. The van der Waals surface area contributed by atoms with Crippen molar-refractivity contribution in [1.82, 2.24) is 9.88 Å². The van der Waals surface area contributed by atoms with Gasteiger partial charge in [0.15, 0.2) is 0 Å². The van der Waals surface area contributed by atoms with Crippen molar-refractivity contribution in [3.8, 4) is 0 Å². The minimum Gasteiger partial charge on any atom is -0.367 e. The highest BCUT2D eigenvalue weighted by Gasteiger charge is 2.36. The van der Waals surface area contributed by atoms with Crippen molar-refractivity contribution >= 4 is 11.5 Å². The summed E-state index contributed by atoms with van der Waals surface area (Å²) in [6.07, 6.45) is 7.48. The lowest BCUT2D eigenvalue weighted by Gasteiger charge is -2.47. The molecular formula is C15H22N4O2. The van der Waals surface area contributed by atoms with E-state index in [-0.39, 0.29) is 5.69 Å². The van der Waals surface area contributed by atoms with Crippen LogP contribution in [-0.4, -0.2) is 40.0 Å². The number of fused-ring (bicyclic) bond motifs is 2. The summed E-state index contributed by atoms with van der Waals surface area (Å²) in [5.41, 5.74) is 0.895. The molecule has 1 aromatic rings. The fraction of sp³-hybridized carbons (Fsp3) is 0.667. The quantitative estimate of drug-likeness (QED) is 0.684. The number of nitrogens with zero attached hydrogens (tertiary/aromatic N) is 3. The molecule has 0 spiro atoms. The van der Waals surface area contributed by atoms with E-state index >= 15 is 0 Å². The van der Waals surface area contributed by atoms with Gasteiger partial charge in [0.1, 0.15) is 12.0 Å². The highest BCUT2D eigenvalue weighted by atomic mass is 16.6. The monoisotopic (exact) mass is 290 g/mol. The van der Waals surface area contributed by atoms with Crippen LogP contribution < -0.4 is 5.32 Å². The first-order chi connectivity index (χ1) is 10.0. The summed E-state index contributed by atoms with van der Waals surface area (Å²) < 4.78 is 0. The van der Waals surface area contributed by atoms with Crippen molar-refractivity contribution in [1.29, 1.82) is 0 Å². The average Bonchev–Trinajstić information content (AvgIpc) is 2.42. The number of rotatable bonds is 3. The number of nitrogens with one attached hydrogen (secondary N) is 1. The number of pyridine rings is 1. The second-order valence-corrected chi connectivity index (χ2v) is 6.33. The largest absolute Gasteiger partial charge is 0.367 e. The van der Waals surface area contributed by atoms with Gasteiger partial charge in [0.25, 0.3) is 5.69 Å². The first-order valence-electron chi connectivity index (χ1n) is 7.64. The standard InChI is InChI=1S/C15H22N4O2/c1-10-6-14(19(20)21)9-16-15(10)17-11-7-12-4-3-5-13(8-11)18(12)2/h6,9,11-13H,3-5,7-8H2,1-2H3,(H,16,17). The summed E-state index contributed by atoms with van der Waals surface area (Å²) in [5, 5.41) is 14.3. The molecule has 1 N–H and O–H groups in total. The molecule has 6 heteroatoms. The smallest absolute Gasteiger partial charge is 0.287 e. The van der Waals surface area contributed by atoms with E-state index in [0.717, 1.165) is 24.2 Å². The maximum atomic E-state index is 10.8. The predicted molar refractivity (Wildman–Crippen MR) is 81.5 cm³/mol. The molecule has 3 heterocycles. The summed E-state index contributed by atoms with van der Waals surface area (Å²) in [5.74, 6) is 0.785. The Balaban J connectivity index is 1.71. The minimum absolute atomic E-state index is 0.0540. The number of anilines is 1. The summed E-state index contributed by atoms with van der Waals surface area (Å²) in [7, 11) is 2.24. The van der Waals surface area contributed by atoms with Crippen LogP contribution in [0, 0.1) is 17.0 Å². The summed E-state index contributed by atoms with van der Waals surface area (Å²) in [6, 6.07) is 3.33. The van der Waals surface area contributed by atoms with Crippen LogP contribution in [0.5, 0.6) is 0 Å². The maximum Gasteiger partial charge on any atom is 0.287 e. The molecule has 2 aliphatic rings. The van der Waals surface area contributed by atoms with Gasteiger partial charge in [-0.1, -0.05) is 6.42 Å². The van der Waals surface area contributed by atoms with E-state index in [0.29, 0.717) is 18.1 Å². The second-order valence-electron chi connectivity index (χ2n) is 6.33. The van der Waals surface area contributed by atoms with Crippen molar-refractivity contribution in [2.45, 2.75) is 57.2 Å². The lowest BCUT2D eigenvalue weighted by molar-refractivity contribution is -0.385. The van der Waals surface area contributed by atoms with Gasteiger partial charge in [-0.3, -0.25) is 10.1 Å². The molecule has 0 radical (unpaired) electrons. The van der Waals surface area contributed by atoms with Crippen molar-refractivity contribution in [3.63, 3.8) is 0 Å². The van der Waals surface area contributed by atoms with Crippen molar-refractivity contribution in [3.05, 3.63) is 27.9 Å². The van der Waals surface area contributed by atoms with E-state index < -0.39 is 4.92 Å². The van der Waals surface area contributed by atoms with Crippen LogP contribution in [0.15, 0.2) is 12.3 Å². The molecule has 114 valence electrons. The Bertz CT molecular complexity index is 534. The molecule has 2 fully saturated rings. The molecule has 21 heavy (non-hydrogen) atoms. The first-order valence-corrected chi connectivity index (χ1v) is 7.64. The summed E-state index contributed by atoms with van der Waals surface area (Å²) in [6.45, 7) is 1.87. The topological polar surface area (TPSA) is 71.3 Å². The van der Waals surface area contributed by atoms with Crippen LogP contribution in [0.2, 0.25) is 0 Å².